The number of nitrogens with zero attached hydrogens (tertiary/aromatic N) is 1. The van der Waals surface area contributed by atoms with Crippen LogP contribution in [0.25, 0.3) is 0 Å². The van der Waals surface area contributed by atoms with Crippen molar-refractivity contribution in [2.24, 2.45) is 0 Å². The van der Waals surface area contributed by atoms with Gasteiger partial charge in [-0.2, -0.15) is 0 Å². The monoisotopic (exact) mass is 243 g/mol. The van der Waals surface area contributed by atoms with Gasteiger partial charge in [0.15, 0.2) is 0 Å². The number of aryl methyl sites for hydroxylation is 1. The van der Waals surface area contributed by atoms with Gasteiger partial charge in [-0.15, -0.1) is 0 Å². The number of ether oxygens (including phenoxy) is 1. The largest absolute Gasteiger partial charge is 0.460 e. The Balaban J connectivity index is 2.53. The minimum Gasteiger partial charge on any atom is -0.460 e. The molecule has 0 amide bonds. The van der Waals surface area contributed by atoms with Gasteiger partial charge < -0.3 is 9.30 Å². The van der Waals surface area contributed by atoms with Crippen molar-refractivity contribution in [3.8, 4) is 0 Å². The zero-order valence-electron chi connectivity index (χ0n) is 10.1. The number of esters is 1. The Hall–Kier alpha value is -1.10. The summed E-state index contributed by atoms with van der Waals surface area (Å²) in [4.78, 5) is 22.8. The predicted molar refractivity (Wildman–Crippen MR) is 63.8 cm³/mol. The molecule has 4 nitrogen and oxygen atoms in total. The number of thiazole rings is 1. The van der Waals surface area contributed by atoms with Crippen LogP contribution in [0.5, 0.6) is 0 Å². The molecular formula is C11H17NO3S. The van der Waals surface area contributed by atoms with E-state index in [1.54, 1.807) is 9.95 Å². The van der Waals surface area contributed by atoms with E-state index in [0.29, 0.717) is 6.54 Å². The van der Waals surface area contributed by atoms with Gasteiger partial charge in [0.1, 0.15) is 5.60 Å². The zero-order chi connectivity index (χ0) is 12.3. The van der Waals surface area contributed by atoms with E-state index in [0.717, 1.165) is 17.0 Å². The first-order valence-corrected chi connectivity index (χ1v) is 6.04. The van der Waals surface area contributed by atoms with E-state index in [9.17, 15) is 9.59 Å². The van der Waals surface area contributed by atoms with Gasteiger partial charge in [-0.1, -0.05) is 11.3 Å². The molecule has 0 bridgehead atoms. The van der Waals surface area contributed by atoms with Gasteiger partial charge in [0.05, 0.1) is 6.42 Å². The fourth-order valence-electron chi connectivity index (χ4n) is 1.27. The quantitative estimate of drug-likeness (QED) is 0.762. The number of rotatable bonds is 3. The van der Waals surface area contributed by atoms with Gasteiger partial charge in [-0.25, -0.2) is 0 Å². The SMILES string of the molecule is Cc1csc(=O)n1CCC(=O)OC(C)(C)C. The molecule has 1 heterocycles. The fraction of sp³-hybridized carbons (Fsp3) is 0.636. The molecule has 0 aromatic carbocycles. The highest BCUT2D eigenvalue weighted by Gasteiger charge is 2.16. The Kier molecular flexibility index (Phi) is 3.91. The third kappa shape index (κ3) is 3.81. The molecule has 0 atom stereocenters. The topological polar surface area (TPSA) is 48.3 Å². The van der Waals surface area contributed by atoms with E-state index >= 15 is 0 Å². The minimum atomic E-state index is -0.467. The first-order valence-electron chi connectivity index (χ1n) is 5.16. The van der Waals surface area contributed by atoms with Crippen molar-refractivity contribution in [3.63, 3.8) is 0 Å². The molecule has 5 heteroatoms. The summed E-state index contributed by atoms with van der Waals surface area (Å²) in [6.45, 7) is 7.73. The molecule has 1 aromatic heterocycles. The summed E-state index contributed by atoms with van der Waals surface area (Å²) < 4.78 is 6.76. The van der Waals surface area contributed by atoms with Crippen LogP contribution in [-0.4, -0.2) is 16.1 Å². The summed E-state index contributed by atoms with van der Waals surface area (Å²) >= 11 is 1.15. The smallest absolute Gasteiger partial charge is 0.308 e. The summed E-state index contributed by atoms with van der Waals surface area (Å²) in [5.74, 6) is -0.273. The van der Waals surface area contributed by atoms with E-state index in [4.69, 9.17) is 4.74 Å². The van der Waals surface area contributed by atoms with Crippen molar-refractivity contribution in [1.82, 2.24) is 4.57 Å². The lowest BCUT2D eigenvalue weighted by Gasteiger charge is -2.19. The molecule has 0 unspecified atom stereocenters. The van der Waals surface area contributed by atoms with Crippen LogP contribution in [0.4, 0.5) is 0 Å². The second-order valence-corrected chi connectivity index (χ2v) is 5.45. The summed E-state index contributed by atoms with van der Waals surface area (Å²) in [5, 5.41) is 1.79. The Morgan fingerprint density at radius 2 is 2.12 bits per heavy atom. The summed E-state index contributed by atoms with van der Waals surface area (Å²) in [6.07, 6.45) is 0.231. The van der Waals surface area contributed by atoms with E-state index in [1.165, 1.54) is 0 Å². The lowest BCUT2D eigenvalue weighted by atomic mass is 10.2. The third-order valence-electron chi connectivity index (χ3n) is 1.94. The molecule has 0 N–H and O–H groups in total. The average molecular weight is 243 g/mol. The van der Waals surface area contributed by atoms with E-state index in [2.05, 4.69) is 0 Å². The first-order chi connectivity index (χ1) is 7.29. The maximum absolute atomic E-state index is 11.4. The number of hydrogen-bond acceptors (Lipinski definition) is 4. The van der Waals surface area contributed by atoms with Crippen molar-refractivity contribution in [2.75, 3.05) is 0 Å². The zero-order valence-corrected chi connectivity index (χ0v) is 10.9. The highest BCUT2D eigenvalue weighted by atomic mass is 32.1. The normalized spacial score (nSPS) is 11.5. The van der Waals surface area contributed by atoms with Gasteiger partial charge in [-0.05, 0) is 27.7 Å². The molecule has 1 aromatic rings. The van der Waals surface area contributed by atoms with Crippen LogP contribution in [0.2, 0.25) is 0 Å². The Labute approximate surface area is 98.9 Å². The molecule has 0 aliphatic rings. The fourth-order valence-corrected chi connectivity index (χ4v) is 2.03. The van der Waals surface area contributed by atoms with Crippen molar-refractivity contribution in [1.29, 1.82) is 0 Å². The Bertz CT molecular complexity index is 425. The molecule has 0 spiro atoms. The summed E-state index contributed by atoms with van der Waals surface area (Å²) in [6, 6.07) is 0. The van der Waals surface area contributed by atoms with Gasteiger partial charge >= 0.3 is 10.8 Å². The van der Waals surface area contributed by atoms with E-state index in [-0.39, 0.29) is 17.3 Å². The van der Waals surface area contributed by atoms with Crippen LogP contribution in [-0.2, 0) is 16.1 Å². The van der Waals surface area contributed by atoms with Crippen molar-refractivity contribution in [2.45, 2.75) is 46.3 Å². The maximum atomic E-state index is 11.4. The molecule has 1 rings (SSSR count). The van der Waals surface area contributed by atoms with Gasteiger partial charge in [0.2, 0.25) is 0 Å². The Morgan fingerprint density at radius 1 is 1.50 bits per heavy atom. The van der Waals surface area contributed by atoms with Crippen LogP contribution in [0.1, 0.15) is 32.9 Å². The molecule has 0 fully saturated rings. The molecule has 0 saturated carbocycles. The van der Waals surface area contributed by atoms with Gasteiger partial charge in [0.25, 0.3) is 0 Å². The highest BCUT2D eigenvalue weighted by molar-refractivity contribution is 7.07. The number of hydrogen-bond donors (Lipinski definition) is 0. The average Bonchev–Trinajstić information content (AvgIpc) is 2.41. The molecule has 0 saturated heterocycles. The second-order valence-electron chi connectivity index (χ2n) is 4.63. The summed E-state index contributed by atoms with van der Waals surface area (Å²) in [7, 11) is 0. The highest BCUT2D eigenvalue weighted by Crippen LogP contribution is 2.09. The molecule has 0 radical (unpaired) electrons. The standard InChI is InChI=1S/C11H17NO3S/c1-8-7-16-10(14)12(8)6-5-9(13)15-11(2,3)4/h7H,5-6H2,1-4H3. The van der Waals surface area contributed by atoms with E-state index < -0.39 is 5.60 Å². The Morgan fingerprint density at radius 3 is 2.56 bits per heavy atom. The van der Waals surface area contributed by atoms with Crippen LogP contribution in [0.3, 0.4) is 0 Å². The molecule has 90 valence electrons. The number of carbonyl (C=O) groups is 1. The lowest BCUT2D eigenvalue weighted by Crippen LogP contribution is -2.25. The van der Waals surface area contributed by atoms with Crippen molar-refractivity contribution < 1.29 is 9.53 Å². The minimum absolute atomic E-state index is 0.0268. The number of aromatic nitrogens is 1. The van der Waals surface area contributed by atoms with Crippen LogP contribution in [0, 0.1) is 6.92 Å². The first kappa shape index (κ1) is 13.0. The molecule has 0 aliphatic heterocycles. The van der Waals surface area contributed by atoms with Gasteiger partial charge in [-0.3, -0.25) is 9.59 Å². The number of carbonyl (C=O) groups excluding carboxylic acids is 1. The lowest BCUT2D eigenvalue weighted by molar-refractivity contribution is -0.155. The van der Waals surface area contributed by atoms with E-state index in [1.807, 2.05) is 27.7 Å². The summed E-state index contributed by atoms with van der Waals surface area (Å²) in [5.41, 5.74) is 0.421. The third-order valence-corrected chi connectivity index (χ3v) is 2.82. The molecule has 0 aliphatic carbocycles. The van der Waals surface area contributed by atoms with Crippen LogP contribution >= 0.6 is 11.3 Å². The maximum Gasteiger partial charge on any atom is 0.308 e. The van der Waals surface area contributed by atoms with Crippen LogP contribution < -0.4 is 4.87 Å². The van der Waals surface area contributed by atoms with Gasteiger partial charge in [0, 0.05) is 17.6 Å². The van der Waals surface area contributed by atoms with Crippen molar-refractivity contribution >= 4 is 17.3 Å². The molecule has 16 heavy (non-hydrogen) atoms. The van der Waals surface area contributed by atoms with Crippen molar-refractivity contribution in [3.05, 3.63) is 20.7 Å². The molecular weight excluding hydrogens is 226 g/mol. The van der Waals surface area contributed by atoms with Crippen LogP contribution in [0.15, 0.2) is 10.2 Å². The predicted octanol–water partition coefficient (Wildman–Crippen LogP) is 1.95. The second kappa shape index (κ2) is 4.82.